The van der Waals surface area contributed by atoms with Crippen molar-refractivity contribution in [3.8, 4) is 0 Å². The third-order valence-corrected chi connectivity index (χ3v) is 5.17. The first-order valence-electron chi connectivity index (χ1n) is 8.19. The van der Waals surface area contributed by atoms with Gasteiger partial charge in [0, 0.05) is 6.04 Å². The molecule has 1 atom stereocenters. The zero-order valence-electron chi connectivity index (χ0n) is 13.1. The number of carboxylic acid groups (broad SMARTS) is 1. The molecule has 1 aliphatic carbocycles. The molecule has 0 amide bonds. The lowest BCUT2D eigenvalue weighted by molar-refractivity contribution is -0.144. The molecule has 3 nitrogen and oxygen atoms in total. The van der Waals surface area contributed by atoms with Crippen LogP contribution in [0.5, 0.6) is 0 Å². The van der Waals surface area contributed by atoms with Crippen molar-refractivity contribution in [3.05, 3.63) is 0 Å². The van der Waals surface area contributed by atoms with E-state index in [1.54, 1.807) is 0 Å². The Bertz CT molecular complexity index is 288. The van der Waals surface area contributed by atoms with E-state index in [9.17, 15) is 9.90 Å². The van der Waals surface area contributed by atoms with Crippen molar-refractivity contribution in [3.63, 3.8) is 0 Å². The molecule has 0 bridgehead atoms. The van der Waals surface area contributed by atoms with Crippen LogP contribution in [0, 0.1) is 11.8 Å². The SMILES string of the molecule is CCCCC(C(=O)O)C1CCN(C2CCCC2)CC1.Cl.Cl. The Morgan fingerprint density at radius 3 is 2.19 bits per heavy atom. The number of carboxylic acids is 1. The molecule has 0 spiro atoms. The van der Waals surface area contributed by atoms with Crippen LogP contribution >= 0.6 is 24.8 Å². The maximum atomic E-state index is 11.4. The van der Waals surface area contributed by atoms with E-state index in [-0.39, 0.29) is 30.7 Å². The monoisotopic (exact) mass is 339 g/mol. The third kappa shape index (κ3) is 5.96. The van der Waals surface area contributed by atoms with Gasteiger partial charge in [-0.1, -0.05) is 32.6 Å². The summed E-state index contributed by atoms with van der Waals surface area (Å²) in [6, 6.07) is 0.805. The van der Waals surface area contributed by atoms with E-state index < -0.39 is 5.97 Å². The topological polar surface area (TPSA) is 40.5 Å². The second-order valence-electron chi connectivity index (χ2n) is 6.40. The first-order chi connectivity index (χ1) is 9.22. The van der Waals surface area contributed by atoms with Crippen molar-refractivity contribution < 1.29 is 9.90 Å². The van der Waals surface area contributed by atoms with Crippen molar-refractivity contribution in [2.45, 2.75) is 70.8 Å². The summed E-state index contributed by atoms with van der Waals surface area (Å²) >= 11 is 0. The van der Waals surface area contributed by atoms with Gasteiger partial charge in [-0.2, -0.15) is 0 Å². The average molecular weight is 340 g/mol. The minimum absolute atomic E-state index is 0. The predicted molar refractivity (Wildman–Crippen MR) is 91.7 cm³/mol. The van der Waals surface area contributed by atoms with Crippen LogP contribution in [0.15, 0.2) is 0 Å². The minimum Gasteiger partial charge on any atom is -0.481 e. The number of rotatable bonds is 6. The molecule has 2 fully saturated rings. The van der Waals surface area contributed by atoms with E-state index in [0.717, 1.165) is 51.2 Å². The van der Waals surface area contributed by atoms with Crippen LogP contribution in [-0.2, 0) is 4.79 Å². The predicted octanol–water partition coefficient (Wildman–Crippen LogP) is 4.38. The Labute approximate surface area is 141 Å². The fraction of sp³-hybridized carbons (Fsp3) is 0.938. The van der Waals surface area contributed by atoms with Crippen molar-refractivity contribution in [2.24, 2.45) is 11.8 Å². The van der Waals surface area contributed by atoms with Gasteiger partial charge in [-0.05, 0) is 51.1 Å². The van der Waals surface area contributed by atoms with E-state index in [1.807, 2.05) is 0 Å². The number of nitrogens with zero attached hydrogens (tertiary/aromatic N) is 1. The van der Waals surface area contributed by atoms with E-state index in [0.29, 0.717) is 5.92 Å². The van der Waals surface area contributed by atoms with Gasteiger partial charge in [0.15, 0.2) is 0 Å². The number of halogens is 2. The number of aliphatic carboxylic acids is 1. The number of hydrogen-bond acceptors (Lipinski definition) is 2. The molecule has 2 rings (SSSR count). The lowest BCUT2D eigenvalue weighted by atomic mass is 9.81. The summed E-state index contributed by atoms with van der Waals surface area (Å²) in [7, 11) is 0. The summed E-state index contributed by atoms with van der Waals surface area (Å²) < 4.78 is 0. The molecule has 1 saturated carbocycles. The van der Waals surface area contributed by atoms with Crippen molar-refractivity contribution in [1.29, 1.82) is 0 Å². The molecular weight excluding hydrogens is 309 g/mol. The highest BCUT2D eigenvalue weighted by Crippen LogP contribution is 2.32. The van der Waals surface area contributed by atoms with Gasteiger partial charge in [0.2, 0.25) is 0 Å². The fourth-order valence-electron chi connectivity index (χ4n) is 3.94. The largest absolute Gasteiger partial charge is 0.481 e. The van der Waals surface area contributed by atoms with Crippen LogP contribution in [0.3, 0.4) is 0 Å². The standard InChI is InChI=1S/C16H29NO2.2ClH/c1-2-3-8-15(16(18)19)13-9-11-17(12-10-13)14-6-4-5-7-14;;/h13-15H,2-12H2,1H3,(H,18,19);2*1H. The summed E-state index contributed by atoms with van der Waals surface area (Å²) in [5.41, 5.74) is 0. The lowest BCUT2D eigenvalue weighted by Gasteiger charge is -2.38. The van der Waals surface area contributed by atoms with Gasteiger partial charge < -0.3 is 10.0 Å². The molecule has 0 aromatic heterocycles. The molecule has 1 unspecified atom stereocenters. The zero-order valence-corrected chi connectivity index (χ0v) is 14.8. The molecule has 21 heavy (non-hydrogen) atoms. The van der Waals surface area contributed by atoms with Crippen LogP contribution in [0.2, 0.25) is 0 Å². The van der Waals surface area contributed by atoms with Gasteiger partial charge in [-0.25, -0.2) is 0 Å². The van der Waals surface area contributed by atoms with Crippen LogP contribution in [0.4, 0.5) is 0 Å². The highest BCUT2D eigenvalue weighted by Gasteiger charge is 2.33. The Morgan fingerprint density at radius 2 is 1.71 bits per heavy atom. The fourth-order valence-corrected chi connectivity index (χ4v) is 3.94. The Hall–Kier alpha value is 0.01000. The quantitative estimate of drug-likeness (QED) is 0.780. The normalized spacial score (nSPS) is 22.3. The smallest absolute Gasteiger partial charge is 0.306 e. The molecule has 0 aromatic rings. The number of hydrogen-bond donors (Lipinski definition) is 1. The summed E-state index contributed by atoms with van der Waals surface area (Å²) in [6.45, 7) is 4.40. The van der Waals surface area contributed by atoms with Gasteiger partial charge in [0.25, 0.3) is 0 Å². The van der Waals surface area contributed by atoms with E-state index >= 15 is 0 Å². The second kappa shape index (κ2) is 10.7. The first kappa shape index (κ1) is 21.0. The van der Waals surface area contributed by atoms with Gasteiger partial charge >= 0.3 is 5.97 Å². The molecule has 0 aromatic carbocycles. The van der Waals surface area contributed by atoms with Crippen molar-refractivity contribution in [2.75, 3.05) is 13.1 Å². The number of likely N-dealkylation sites (tertiary alicyclic amines) is 1. The molecule has 1 N–H and O–H groups in total. The van der Waals surface area contributed by atoms with Gasteiger partial charge in [0.1, 0.15) is 0 Å². The van der Waals surface area contributed by atoms with E-state index in [2.05, 4.69) is 11.8 Å². The van der Waals surface area contributed by atoms with Crippen molar-refractivity contribution >= 4 is 30.8 Å². The molecule has 0 radical (unpaired) electrons. The number of piperidine rings is 1. The molecule has 1 heterocycles. The molecular formula is C16H31Cl2NO2. The highest BCUT2D eigenvalue weighted by atomic mass is 35.5. The first-order valence-corrected chi connectivity index (χ1v) is 8.19. The van der Waals surface area contributed by atoms with Crippen molar-refractivity contribution in [1.82, 2.24) is 4.90 Å². The second-order valence-corrected chi connectivity index (χ2v) is 6.40. The molecule has 126 valence electrons. The van der Waals surface area contributed by atoms with Crippen LogP contribution in [0.1, 0.15) is 64.7 Å². The third-order valence-electron chi connectivity index (χ3n) is 5.17. The zero-order chi connectivity index (χ0) is 13.7. The Morgan fingerprint density at radius 1 is 1.14 bits per heavy atom. The number of carbonyl (C=O) groups is 1. The number of unbranched alkanes of at least 4 members (excludes halogenated alkanes) is 1. The van der Waals surface area contributed by atoms with Gasteiger partial charge in [-0.3, -0.25) is 4.79 Å². The van der Waals surface area contributed by atoms with E-state index in [1.165, 1.54) is 25.7 Å². The van der Waals surface area contributed by atoms with Gasteiger partial charge in [-0.15, -0.1) is 24.8 Å². The maximum absolute atomic E-state index is 11.4. The van der Waals surface area contributed by atoms with Gasteiger partial charge in [0.05, 0.1) is 5.92 Å². The van der Waals surface area contributed by atoms with Crippen LogP contribution in [0.25, 0.3) is 0 Å². The Balaban J connectivity index is 0.00000200. The summed E-state index contributed by atoms with van der Waals surface area (Å²) in [6.07, 6.45) is 10.7. The van der Waals surface area contributed by atoms with E-state index in [4.69, 9.17) is 0 Å². The lowest BCUT2D eigenvalue weighted by Crippen LogP contribution is -2.42. The molecule has 5 heteroatoms. The highest BCUT2D eigenvalue weighted by molar-refractivity contribution is 5.85. The molecule has 1 aliphatic heterocycles. The summed E-state index contributed by atoms with van der Waals surface area (Å²) in [4.78, 5) is 14.1. The Kier molecular flexibility index (Phi) is 10.7. The average Bonchev–Trinajstić information content (AvgIpc) is 2.93. The molecule has 2 aliphatic rings. The molecule has 1 saturated heterocycles. The van der Waals surface area contributed by atoms with Crippen LogP contribution < -0.4 is 0 Å². The minimum atomic E-state index is -0.562. The summed E-state index contributed by atoms with van der Waals surface area (Å²) in [5.74, 6) is -0.236. The maximum Gasteiger partial charge on any atom is 0.306 e. The summed E-state index contributed by atoms with van der Waals surface area (Å²) in [5, 5.41) is 9.42. The van der Waals surface area contributed by atoms with Crippen LogP contribution in [-0.4, -0.2) is 35.1 Å².